The highest BCUT2D eigenvalue weighted by atomic mass is 15.0. The molecule has 0 saturated carbocycles. The summed E-state index contributed by atoms with van der Waals surface area (Å²) in [4.78, 5) is 14.7. The minimum Gasteiger partial charge on any atom is -0.208 e. The summed E-state index contributed by atoms with van der Waals surface area (Å²) in [7, 11) is 0. The lowest BCUT2D eigenvalue weighted by molar-refractivity contribution is 1.07. The molecule has 0 aliphatic heterocycles. The van der Waals surface area contributed by atoms with Crippen LogP contribution in [0.1, 0.15) is 0 Å². The molecule has 1 heterocycles. The summed E-state index contributed by atoms with van der Waals surface area (Å²) in [5, 5.41) is 2.43. The maximum atomic E-state index is 4.93. The first-order valence-electron chi connectivity index (χ1n) is 15.5. The van der Waals surface area contributed by atoms with E-state index >= 15 is 0 Å². The van der Waals surface area contributed by atoms with Gasteiger partial charge in [0.25, 0.3) is 0 Å². The van der Waals surface area contributed by atoms with Crippen molar-refractivity contribution in [3.63, 3.8) is 0 Å². The van der Waals surface area contributed by atoms with Crippen LogP contribution in [0.25, 0.3) is 78.3 Å². The zero-order chi connectivity index (χ0) is 30.7. The van der Waals surface area contributed by atoms with Gasteiger partial charge in [0, 0.05) is 16.7 Å². The van der Waals surface area contributed by atoms with Crippen LogP contribution in [0.3, 0.4) is 0 Å². The SMILES string of the molecule is c1ccc(-c2ccc(-c3ccc4ccccc4c3-c3ccc(-c4nc(-c5ccccc5)nc(-c5ccccc5)n4)cc3)cc2)cc1. The molecule has 216 valence electrons. The van der Waals surface area contributed by atoms with Gasteiger partial charge in [-0.25, -0.2) is 15.0 Å². The maximum Gasteiger partial charge on any atom is 0.164 e. The third-order valence-corrected chi connectivity index (χ3v) is 8.36. The summed E-state index contributed by atoms with van der Waals surface area (Å²) >= 11 is 0. The van der Waals surface area contributed by atoms with E-state index in [0.717, 1.165) is 22.3 Å². The van der Waals surface area contributed by atoms with Gasteiger partial charge in [-0.2, -0.15) is 0 Å². The lowest BCUT2D eigenvalue weighted by Crippen LogP contribution is -2.00. The molecule has 1 aromatic heterocycles. The number of aromatic nitrogens is 3. The molecule has 3 heteroatoms. The molecule has 8 rings (SSSR count). The Balaban J connectivity index is 1.22. The average Bonchev–Trinajstić information content (AvgIpc) is 3.15. The normalized spacial score (nSPS) is 11.0. The molecule has 0 aliphatic carbocycles. The highest BCUT2D eigenvalue weighted by molar-refractivity contribution is 6.04. The van der Waals surface area contributed by atoms with Crippen molar-refractivity contribution in [2.24, 2.45) is 0 Å². The van der Waals surface area contributed by atoms with Crippen molar-refractivity contribution in [2.75, 3.05) is 0 Å². The molecule has 0 radical (unpaired) electrons. The molecular weight excluding hydrogens is 558 g/mol. The monoisotopic (exact) mass is 587 g/mol. The Kier molecular flexibility index (Phi) is 7.18. The van der Waals surface area contributed by atoms with Crippen LogP contribution in [0.4, 0.5) is 0 Å². The van der Waals surface area contributed by atoms with Crippen LogP contribution in [-0.2, 0) is 0 Å². The van der Waals surface area contributed by atoms with Crippen LogP contribution >= 0.6 is 0 Å². The van der Waals surface area contributed by atoms with Gasteiger partial charge in [-0.1, -0.05) is 176 Å². The molecule has 0 atom stereocenters. The van der Waals surface area contributed by atoms with Gasteiger partial charge >= 0.3 is 0 Å². The van der Waals surface area contributed by atoms with E-state index in [2.05, 4.69) is 115 Å². The van der Waals surface area contributed by atoms with Gasteiger partial charge in [0.1, 0.15) is 0 Å². The Morgan fingerprint density at radius 2 is 0.652 bits per heavy atom. The van der Waals surface area contributed by atoms with Crippen LogP contribution in [0.2, 0.25) is 0 Å². The van der Waals surface area contributed by atoms with Gasteiger partial charge in [-0.05, 0) is 44.2 Å². The fourth-order valence-corrected chi connectivity index (χ4v) is 6.02. The molecular formula is C43H29N3. The predicted molar refractivity (Wildman–Crippen MR) is 190 cm³/mol. The zero-order valence-corrected chi connectivity index (χ0v) is 25.1. The van der Waals surface area contributed by atoms with Crippen molar-refractivity contribution in [1.82, 2.24) is 15.0 Å². The minimum absolute atomic E-state index is 0.647. The molecule has 0 bridgehead atoms. The number of hydrogen-bond donors (Lipinski definition) is 0. The van der Waals surface area contributed by atoms with Crippen LogP contribution in [-0.4, -0.2) is 15.0 Å². The van der Waals surface area contributed by atoms with Gasteiger partial charge in [-0.3, -0.25) is 0 Å². The minimum atomic E-state index is 0.647. The summed E-state index contributed by atoms with van der Waals surface area (Å²) in [6.45, 7) is 0. The van der Waals surface area contributed by atoms with Crippen molar-refractivity contribution in [3.8, 4) is 67.5 Å². The molecule has 0 aliphatic rings. The van der Waals surface area contributed by atoms with Gasteiger partial charge in [0.05, 0.1) is 0 Å². The maximum absolute atomic E-state index is 4.93. The quantitative estimate of drug-likeness (QED) is 0.194. The van der Waals surface area contributed by atoms with Crippen molar-refractivity contribution in [3.05, 3.63) is 176 Å². The van der Waals surface area contributed by atoms with Crippen LogP contribution in [0.15, 0.2) is 176 Å². The first kappa shape index (κ1) is 27.4. The Hall–Kier alpha value is -6.19. The van der Waals surface area contributed by atoms with Gasteiger partial charge in [0.15, 0.2) is 17.5 Å². The highest BCUT2D eigenvalue weighted by Gasteiger charge is 2.15. The van der Waals surface area contributed by atoms with Gasteiger partial charge in [0.2, 0.25) is 0 Å². The zero-order valence-electron chi connectivity index (χ0n) is 25.1. The molecule has 0 unspecified atom stereocenters. The van der Waals surface area contributed by atoms with Crippen LogP contribution in [0, 0.1) is 0 Å². The summed E-state index contributed by atoms with van der Waals surface area (Å²) in [5.74, 6) is 1.96. The number of benzene rings is 7. The first-order valence-corrected chi connectivity index (χ1v) is 15.5. The van der Waals surface area contributed by atoms with Crippen LogP contribution < -0.4 is 0 Å². The van der Waals surface area contributed by atoms with E-state index in [0.29, 0.717) is 17.5 Å². The predicted octanol–water partition coefficient (Wildman–Crippen LogP) is 11.0. The Labute approximate surface area is 268 Å². The van der Waals surface area contributed by atoms with Crippen LogP contribution in [0.5, 0.6) is 0 Å². The lowest BCUT2D eigenvalue weighted by Gasteiger charge is -2.15. The second kappa shape index (κ2) is 12.1. The molecule has 0 fully saturated rings. The Bertz CT molecular complexity index is 2200. The number of nitrogens with zero attached hydrogens (tertiary/aromatic N) is 3. The summed E-state index contributed by atoms with van der Waals surface area (Å²) in [6.07, 6.45) is 0. The number of hydrogen-bond acceptors (Lipinski definition) is 3. The van der Waals surface area contributed by atoms with Crippen molar-refractivity contribution in [2.45, 2.75) is 0 Å². The first-order chi connectivity index (χ1) is 22.8. The summed E-state index contributed by atoms with van der Waals surface area (Å²) in [5.41, 5.74) is 10.0. The molecule has 7 aromatic carbocycles. The topological polar surface area (TPSA) is 38.7 Å². The third-order valence-electron chi connectivity index (χ3n) is 8.36. The second-order valence-corrected chi connectivity index (χ2v) is 11.3. The Morgan fingerprint density at radius 1 is 0.261 bits per heavy atom. The number of rotatable bonds is 6. The van der Waals surface area contributed by atoms with E-state index in [1.165, 1.54) is 38.6 Å². The molecule has 46 heavy (non-hydrogen) atoms. The molecule has 3 nitrogen and oxygen atoms in total. The Morgan fingerprint density at radius 3 is 1.22 bits per heavy atom. The molecule has 0 amide bonds. The van der Waals surface area contributed by atoms with Gasteiger partial charge < -0.3 is 0 Å². The summed E-state index contributed by atoms with van der Waals surface area (Å²) in [6, 6.07) is 61.2. The fraction of sp³-hybridized carbons (Fsp3) is 0. The standard InChI is InChI=1S/C43H29N3/c1-4-12-30(13-5-1)31-20-22-33(23-21-31)39-29-28-32-14-10-11-19-38(32)40(39)34-24-26-37(27-25-34)43-45-41(35-15-6-2-7-16-35)44-42(46-43)36-17-8-3-9-18-36/h1-29H. The highest BCUT2D eigenvalue weighted by Crippen LogP contribution is 2.39. The van der Waals surface area contributed by atoms with Gasteiger partial charge in [-0.15, -0.1) is 0 Å². The van der Waals surface area contributed by atoms with Crippen molar-refractivity contribution in [1.29, 1.82) is 0 Å². The molecule has 0 spiro atoms. The summed E-state index contributed by atoms with van der Waals surface area (Å²) < 4.78 is 0. The number of fused-ring (bicyclic) bond motifs is 1. The molecule has 0 N–H and O–H groups in total. The van der Waals surface area contributed by atoms with E-state index in [4.69, 9.17) is 15.0 Å². The van der Waals surface area contributed by atoms with E-state index in [-0.39, 0.29) is 0 Å². The molecule has 0 saturated heterocycles. The average molecular weight is 588 g/mol. The molecule has 8 aromatic rings. The van der Waals surface area contributed by atoms with E-state index in [9.17, 15) is 0 Å². The third kappa shape index (κ3) is 5.36. The van der Waals surface area contributed by atoms with E-state index in [1.807, 2.05) is 60.7 Å². The second-order valence-electron chi connectivity index (χ2n) is 11.3. The van der Waals surface area contributed by atoms with Crippen molar-refractivity contribution >= 4 is 10.8 Å². The van der Waals surface area contributed by atoms with E-state index < -0.39 is 0 Å². The lowest BCUT2D eigenvalue weighted by atomic mass is 9.89. The largest absolute Gasteiger partial charge is 0.208 e. The van der Waals surface area contributed by atoms with E-state index in [1.54, 1.807) is 0 Å². The van der Waals surface area contributed by atoms with Crippen molar-refractivity contribution < 1.29 is 0 Å². The smallest absolute Gasteiger partial charge is 0.164 e. The fourth-order valence-electron chi connectivity index (χ4n) is 6.02.